The molecule has 0 amide bonds. The van der Waals surface area contributed by atoms with Crippen LogP contribution in [0, 0.1) is 23.7 Å². The third-order valence-electron chi connectivity index (χ3n) is 4.20. The van der Waals surface area contributed by atoms with E-state index in [0.717, 1.165) is 28.2 Å². The Labute approximate surface area is 159 Å². The Kier molecular flexibility index (Phi) is 4.87. The molecule has 1 heterocycles. The molecule has 0 fully saturated rings. The van der Waals surface area contributed by atoms with E-state index in [1.807, 2.05) is 72.8 Å². The van der Waals surface area contributed by atoms with Crippen LogP contribution < -0.4 is 0 Å². The summed E-state index contributed by atoms with van der Waals surface area (Å²) in [5.74, 6) is 12.2. The summed E-state index contributed by atoms with van der Waals surface area (Å²) in [5.41, 5.74) is 5.24. The van der Waals surface area contributed by atoms with Crippen molar-refractivity contribution in [1.29, 1.82) is 0 Å². The van der Waals surface area contributed by atoms with Gasteiger partial charge in [-0.3, -0.25) is 0 Å². The molecule has 126 valence electrons. The first-order valence-electron chi connectivity index (χ1n) is 8.81. The molecule has 0 aliphatic carbocycles. The fraction of sp³-hybridized carbons (Fsp3) is 0. The molecule has 0 spiro atoms. The predicted molar refractivity (Wildman–Crippen MR) is 111 cm³/mol. The summed E-state index contributed by atoms with van der Waals surface area (Å²) in [6, 6.07) is 34.7. The van der Waals surface area contributed by atoms with Gasteiger partial charge < -0.3 is 4.57 Å². The Bertz CT molecular complexity index is 1150. The number of hydrogen-bond donors (Lipinski definition) is 0. The van der Waals surface area contributed by atoms with Crippen molar-refractivity contribution < 1.29 is 0 Å². The van der Waals surface area contributed by atoms with Gasteiger partial charge in [0.15, 0.2) is 0 Å². The van der Waals surface area contributed by atoms with Gasteiger partial charge in [0.25, 0.3) is 0 Å². The number of benzene rings is 3. The van der Waals surface area contributed by atoms with Gasteiger partial charge in [-0.05, 0) is 59.7 Å². The molecule has 0 atom stereocenters. The van der Waals surface area contributed by atoms with Crippen LogP contribution in [0.1, 0.15) is 11.3 Å². The van der Waals surface area contributed by atoms with Gasteiger partial charge in [-0.15, -0.1) is 0 Å². The minimum Gasteiger partial charge on any atom is -0.303 e. The van der Waals surface area contributed by atoms with Gasteiger partial charge in [-0.25, -0.2) is 0 Å². The number of rotatable bonds is 2. The summed E-state index contributed by atoms with van der Waals surface area (Å²) in [6.07, 6.45) is 0. The van der Waals surface area contributed by atoms with Crippen molar-refractivity contribution in [2.45, 2.75) is 0 Å². The van der Waals surface area contributed by atoms with Crippen LogP contribution in [0.2, 0.25) is 0 Å². The molecule has 1 nitrogen and oxygen atoms in total. The average Bonchev–Trinajstić information content (AvgIpc) is 3.17. The molecule has 0 aliphatic heterocycles. The summed E-state index contributed by atoms with van der Waals surface area (Å²) in [6.45, 7) is 0. The van der Waals surface area contributed by atoms with Crippen LogP contribution in [0.15, 0.2) is 103 Å². The number of hydrogen-bond acceptors (Lipinski definition) is 0. The van der Waals surface area contributed by atoms with E-state index in [4.69, 9.17) is 0 Å². The molecule has 4 aromatic rings. The van der Waals surface area contributed by atoms with E-state index >= 15 is 0 Å². The molecule has 1 aromatic heterocycles. The van der Waals surface area contributed by atoms with Gasteiger partial charge in [0.2, 0.25) is 0 Å². The summed E-state index contributed by atoms with van der Waals surface area (Å²) in [7, 11) is 0. The van der Waals surface area contributed by atoms with E-state index in [9.17, 15) is 0 Å². The van der Waals surface area contributed by atoms with Crippen LogP contribution in [-0.2, 0) is 0 Å². The molecule has 0 saturated carbocycles. The first-order valence-corrected chi connectivity index (χ1v) is 8.81. The fourth-order valence-electron chi connectivity index (χ4n) is 2.94. The Morgan fingerprint density at radius 3 is 1.81 bits per heavy atom. The number of nitrogens with zero attached hydrogens (tertiary/aromatic N) is 1. The quantitative estimate of drug-likeness (QED) is 0.421. The van der Waals surface area contributed by atoms with Crippen LogP contribution in [0.25, 0.3) is 16.9 Å². The maximum absolute atomic E-state index is 3.21. The largest absolute Gasteiger partial charge is 0.303 e. The summed E-state index contributed by atoms with van der Waals surface area (Å²) < 4.78 is 2.17. The average molecular weight is 343 g/mol. The van der Waals surface area contributed by atoms with E-state index < -0.39 is 0 Å². The first-order chi connectivity index (χ1) is 13.4. The molecule has 1 heteroatoms. The highest BCUT2D eigenvalue weighted by Crippen LogP contribution is 2.26. The zero-order valence-electron chi connectivity index (χ0n) is 14.8. The third-order valence-corrected chi connectivity index (χ3v) is 4.20. The molecule has 27 heavy (non-hydrogen) atoms. The minimum atomic E-state index is 0.919. The molecule has 0 N–H and O–H groups in total. The third kappa shape index (κ3) is 3.84. The molecule has 3 aromatic carbocycles. The van der Waals surface area contributed by atoms with Crippen LogP contribution in [0.4, 0.5) is 0 Å². The zero-order valence-corrected chi connectivity index (χ0v) is 14.8. The predicted octanol–water partition coefficient (Wildman–Crippen LogP) is 5.55. The number of aromatic nitrogens is 1. The van der Waals surface area contributed by atoms with Crippen molar-refractivity contribution in [3.05, 3.63) is 114 Å². The van der Waals surface area contributed by atoms with Crippen molar-refractivity contribution >= 4 is 0 Å². The van der Waals surface area contributed by atoms with Crippen LogP contribution in [0.3, 0.4) is 0 Å². The smallest absolute Gasteiger partial charge is 0.0981 e. The topological polar surface area (TPSA) is 4.93 Å². The second-order valence-electron chi connectivity index (χ2n) is 6.01. The summed E-state index contributed by atoms with van der Waals surface area (Å²) >= 11 is 0. The van der Waals surface area contributed by atoms with Gasteiger partial charge in [0.05, 0.1) is 11.4 Å². The molecule has 0 saturated heterocycles. The fourth-order valence-corrected chi connectivity index (χ4v) is 2.94. The Balaban J connectivity index is 1.75. The van der Waals surface area contributed by atoms with Crippen LogP contribution >= 0.6 is 0 Å². The second kappa shape index (κ2) is 7.96. The monoisotopic (exact) mass is 343 g/mol. The first kappa shape index (κ1) is 16.5. The zero-order chi connectivity index (χ0) is 18.3. The van der Waals surface area contributed by atoms with Gasteiger partial charge in [0.1, 0.15) is 0 Å². The van der Waals surface area contributed by atoms with Crippen molar-refractivity contribution in [3.63, 3.8) is 0 Å². The molecular formula is C26H17N. The second-order valence-corrected chi connectivity index (χ2v) is 6.01. The SMILES string of the molecule is C(C#Cc1ccc(-c2ccccc2)n1-c1ccccc1)#Cc1ccccc1. The van der Waals surface area contributed by atoms with Crippen molar-refractivity contribution in [3.8, 4) is 40.6 Å². The van der Waals surface area contributed by atoms with Gasteiger partial charge in [-0.2, -0.15) is 0 Å². The van der Waals surface area contributed by atoms with Crippen molar-refractivity contribution in [2.75, 3.05) is 0 Å². The van der Waals surface area contributed by atoms with E-state index in [1.54, 1.807) is 0 Å². The standard InChI is InChI=1S/C26H17N/c1-4-12-22(13-5-1)14-10-11-19-25-20-21-26(23-15-6-2-7-16-23)27(25)24-17-8-3-9-18-24/h1-9,12-13,15-18,20-21H. The van der Waals surface area contributed by atoms with Gasteiger partial charge in [0, 0.05) is 11.3 Å². The molecule has 0 bridgehead atoms. The molecule has 0 radical (unpaired) electrons. The van der Waals surface area contributed by atoms with Crippen molar-refractivity contribution in [2.24, 2.45) is 0 Å². The lowest BCUT2D eigenvalue weighted by atomic mass is 10.1. The molecule has 4 rings (SSSR count). The Morgan fingerprint density at radius 2 is 1.11 bits per heavy atom. The van der Waals surface area contributed by atoms with E-state index in [1.165, 1.54) is 0 Å². The van der Waals surface area contributed by atoms with E-state index in [2.05, 4.69) is 58.6 Å². The maximum atomic E-state index is 3.21. The highest BCUT2D eigenvalue weighted by atomic mass is 15.0. The minimum absolute atomic E-state index is 0.919. The summed E-state index contributed by atoms with van der Waals surface area (Å²) in [5, 5.41) is 0. The highest BCUT2D eigenvalue weighted by molar-refractivity contribution is 5.66. The van der Waals surface area contributed by atoms with Crippen molar-refractivity contribution in [1.82, 2.24) is 4.57 Å². The lowest BCUT2D eigenvalue weighted by molar-refractivity contribution is 1.07. The van der Waals surface area contributed by atoms with E-state index in [0.29, 0.717) is 0 Å². The summed E-state index contributed by atoms with van der Waals surface area (Å²) in [4.78, 5) is 0. The van der Waals surface area contributed by atoms with Crippen LogP contribution in [0.5, 0.6) is 0 Å². The molecule has 0 aliphatic rings. The van der Waals surface area contributed by atoms with Crippen LogP contribution in [-0.4, -0.2) is 4.57 Å². The molecule has 0 unspecified atom stereocenters. The van der Waals surface area contributed by atoms with Gasteiger partial charge >= 0.3 is 0 Å². The van der Waals surface area contributed by atoms with Gasteiger partial charge in [-0.1, -0.05) is 72.7 Å². The number of para-hydroxylation sites is 1. The maximum Gasteiger partial charge on any atom is 0.0981 e. The Morgan fingerprint density at radius 1 is 0.519 bits per heavy atom. The Hall–Kier alpha value is -3.94. The molecular weight excluding hydrogens is 326 g/mol. The lowest BCUT2D eigenvalue weighted by Gasteiger charge is -2.11. The van der Waals surface area contributed by atoms with E-state index in [-0.39, 0.29) is 0 Å². The lowest BCUT2D eigenvalue weighted by Crippen LogP contribution is -1.99. The normalized spacial score (nSPS) is 9.63. The highest BCUT2D eigenvalue weighted by Gasteiger charge is 2.10.